The monoisotopic (exact) mass is 393 g/mol. The zero-order chi connectivity index (χ0) is 20.9. The van der Waals surface area contributed by atoms with E-state index in [1.54, 1.807) is 38.1 Å². The highest BCUT2D eigenvalue weighted by Crippen LogP contribution is 2.34. The maximum atomic E-state index is 13.0. The number of anilines is 1. The van der Waals surface area contributed by atoms with E-state index in [0.717, 1.165) is 11.6 Å². The summed E-state index contributed by atoms with van der Waals surface area (Å²) in [5.74, 6) is -1.37. The van der Waals surface area contributed by atoms with Crippen LogP contribution in [-0.2, 0) is 11.0 Å². The number of hydrogen-bond donors (Lipinski definition) is 3. The lowest BCUT2D eigenvalue weighted by molar-refractivity contribution is -0.137. The summed E-state index contributed by atoms with van der Waals surface area (Å²) in [5.41, 5.74) is 4.75. The van der Waals surface area contributed by atoms with Crippen LogP contribution in [0.25, 0.3) is 0 Å². The van der Waals surface area contributed by atoms with Crippen LogP contribution in [0.3, 0.4) is 0 Å². The maximum absolute atomic E-state index is 13.0. The van der Waals surface area contributed by atoms with Crippen LogP contribution < -0.4 is 16.2 Å². The van der Waals surface area contributed by atoms with Gasteiger partial charge in [-0.1, -0.05) is 43.7 Å². The number of hydrazine groups is 1. The summed E-state index contributed by atoms with van der Waals surface area (Å²) in [6.45, 7) is 5.34. The number of amides is 2. The molecule has 3 N–H and O–H groups in total. The van der Waals surface area contributed by atoms with Gasteiger partial charge in [0.2, 0.25) is 0 Å². The first kappa shape index (κ1) is 21.3. The van der Waals surface area contributed by atoms with Crippen LogP contribution in [0.15, 0.2) is 48.5 Å². The smallest absolute Gasteiger partial charge is 0.340 e. The van der Waals surface area contributed by atoms with Crippen molar-refractivity contribution < 1.29 is 22.8 Å². The van der Waals surface area contributed by atoms with Gasteiger partial charge in [0.05, 0.1) is 11.3 Å². The molecule has 0 radical (unpaired) electrons. The van der Waals surface area contributed by atoms with Crippen molar-refractivity contribution in [3.8, 4) is 0 Å². The van der Waals surface area contributed by atoms with E-state index in [0.29, 0.717) is 5.56 Å². The number of halogens is 3. The second-order valence-corrected chi connectivity index (χ2v) is 6.72. The third-order valence-electron chi connectivity index (χ3n) is 4.10. The summed E-state index contributed by atoms with van der Waals surface area (Å²) >= 11 is 0. The molecule has 28 heavy (non-hydrogen) atoms. The minimum absolute atomic E-state index is 0.282. The molecule has 0 bridgehead atoms. The van der Waals surface area contributed by atoms with Gasteiger partial charge in [-0.2, -0.15) is 13.2 Å². The number of carbonyl (C=O) groups excluding carboxylic acids is 2. The number of hydrogen-bond acceptors (Lipinski definition) is 3. The van der Waals surface area contributed by atoms with E-state index in [1.165, 1.54) is 18.2 Å². The normalized spacial score (nSPS) is 12.4. The Morgan fingerprint density at radius 3 is 2.14 bits per heavy atom. The largest absolute Gasteiger partial charge is 0.418 e. The van der Waals surface area contributed by atoms with Gasteiger partial charge in [-0.05, 0) is 37.1 Å². The van der Waals surface area contributed by atoms with Crippen molar-refractivity contribution in [2.75, 3.05) is 5.43 Å². The Bertz CT molecular complexity index is 833. The summed E-state index contributed by atoms with van der Waals surface area (Å²) in [5, 5.41) is 2.62. The van der Waals surface area contributed by atoms with Gasteiger partial charge in [-0.15, -0.1) is 0 Å². The Hall–Kier alpha value is -3.03. The van der Waals surface area contributed by atoms with Crippen LogP contribution in [0.1, 0.15) is 35.3 Å². The number of nitrogens with one attached hydrogen (secondary N) is 3. The molecule has 0 spiro atoms. The fraction of sp³-hybridized carbons (Fsp3) is 0.300. The zero-order valence-corrected chi connectivity index (χ0v) is 15.7. The van der Waals surface area contributed by atoms with Gasteiger partial charge in [-0.25, -0.2) is 0 Å². The zero-order valence-electron chi connectivity index (χ0n) is 15.7. The Kier molecular flexibility index (Phi) is 6.66. The van der Waals surface area contributed by atoms with Gasteiger partial charge in [0.25, 0.3) is 11.8 Å². The average molecular weight is 393 g/mol. The molecular formula is C20H22F3N3O2. The van der Waals surface area contributed by atoms with E-state index in [2.05, 4.69) is 16.2 Å². The Balaban J connectivity index is 2.08. The lowest BCUT2D eigenvalue weighted by Gasteiger charge is -2.23. The fourth-order valence-electron chi connectivity index (χ4n) is 2.51. The molecule has 0 saturated carbocycles. The molecule has 0 unspecified atom stereocenters. The third-order valence-corrected chi connectivity index (χ3v) is 4.10. The van der Waals surface area contributed by atoms with Crippen molar-refractivity contribution in [3.63, 3.8) is 0 Å². The van der Waals surface area contributed by atoms with Crippen LogP contribution >= 0.6 is 0 Å². The number of rotatable bonds is 6. The van der Waals surface area contributed by atoms with Crippen LogP contribution in [0.2, 0.25) is 0 Å². The first-order chi connectivity index (χ1) is 13.1. The molecule has 0 heterocycles. The van der Waals surface area contributed by atoms with Crippen molar-refractivity contribution in [1.82, 2.24) is 10.7 Å². The van der Waals surface area contributed by atoms with Crippen LogP contribution in [-0.4, -0.2) is 17.9 Å². The quantitative estimate of drug-likeness (QED) is 0.652. The minimum Gasteiger partial charge on any atom is -0.340 e. The molecule has 2 rings (SSSR count). The number of para-hydroxylation sites is 1. The van der Waals surface area contributed by atoms with Gasteiger partial charge in [0, 0.05) is 5.56 Å². The lowest BCUT2D eigenvalue weighted by atomic mass is 10.0. The Morgan fingerprint density at radius 1 is 0.964 bits per heavy atom. The molecular weight excluding hydrogens is 371 g/mol. The fourth-order valence-corrected chi connectivity index (χ4v) is 2.51. The maximum Gasteiger partial charge on any atom is 0.418 e. The highest BCUT2D eigenvalue weighted by molar-refractivity contribution is 5.97. The molecule has 2 aromatic carbocycles. The predicted octanol–water partition coefficient (Wildman–Crippen LogP) is 3.91. The van der Waals surface area contributed by atoms with E-state index in [9.17, 15) is 22.8 Å². The highest BCUT2D eigenvalue weighted by atomic mass is 19.4. The van der Waals surface area contributed by atoms with E-state index in [1.807, 2.05) is 6.92 Å². The molecule has 0 aliphatic rings. The molecule has 0 aromatic heterocycles. The molecule has 0 aliphatic carbocycles. The van der Waals surface area contributed by atoms with Crippen molar-refractivity contribution in [2.24, 2.45) is 5.92 Å². The summed E-state index contributed by atoms with van der Waals surface area (Å²) in [7, 11) is 0. The van der Waals surface area contributed by atoms with Crippen molar-refractivity contribution >= 4 is 17.5 Å². The first-order valence-electron chi connectivity index (χ1n) is 8.69. The summed E-state index contributed by atoms with van der Waals surface area (Å²) < 4.78 is 39.1. The van der Waals surface area contributed by atoms with Gasteiger partial charge in [-0.3, -0.25) is 20.4 Å². The highest BCUT2D eigenvalue weighted by Gasteiger charge is 2.33. The SMILES string of the molecule is Cc1ccc(C(=O)N[C@@H](C(=O)NNc2ccccc2C(F)(F)F)C(C)C)cc1. The predicted molar refractivity (Wildman–Crippen MR) is 100 cm³/mol. The number of benzene rings is 2. The molecule has 5 nitrogen and oxygen atoms in total. The third kappa shape index (κ3) is 5.48. The average Bonchev–Trinajstić information content (AvgIpc) is 2.63. The molecule has 2 amide bonds. The van der Waals surface area contributed by atoms with Crippen LogP contribution in [0, 0.1) is 12.8 Å². The summed E-state index contributed by atoms with van der Waals surface area (Å²) in [6, 6.07) is 10.7. The minimum atomic E-state index is -4.56. The van der Waals surface area contributed by atoms with Gasteiger partial charge >= 0.3 is 6.18 Å². The molecule has 1 atom stereocenters. The molecule has 0 fully saturated rings. The second-order valence-electron chi connectivity index (χ2n) is 6.72. The van der Waals surface area contributed by atoms with Gasteiger partial charge < -0.3 is 5.32 Å². The molecule has 0 aliphatic heterocycles. The second kappa shape index (κ2) is 8.77. The summed E-state index contributed by atoms with van der Waals surface area (Å²) in [6.07, 6.45) is -4.56. The Labute approximate surface area is 161 Å². The topological polar surface area (TPSA) is 70.2 Å². The molecule has 2 aromatic rings. The van der Waals surface area contributed by atoms with Crippen molar-refractivity contribution in [1.29, 1.82) is 0 Å². The molecule has 0 saturated heterocycles. The first-order valence-corrected chi connectivity index (χ1v) is 8.69. The van der Waals surface area contributed by atoms with Crippen molar-refractivity contribution in [2.45, 2.75) is 33.0 Å². The number of alkyl halides is 3. The van der Waals surface area contributed by atoms with Crippen LogP contribution in [0.4, 0.5) is 18.9 Å². The van der Waals surface area contributed by atoms with E-state index >= 15 is 0 Å². The lowest BCUT2D eigenvalue weighted by Crippen LogP contribution is -2.51. The van der Waals surface area contributed by atoms with E-state index in [4.69, 9.17) is 0 Å². The molecule has 150 valence electrons. The number of aryl methyl sites for hydroxylation is 1. The van der Waals surface area contributed by atoms with Gasteiger partial charge in [0.1, 0.15) is 6.04 Å². The van der Waals surface area contributed by atoms with E-state index < -0.39 is 29.6 Å². The Morgan fingerprint density at radius 2 is 1.57 bits per heavy atom. The van der Waals surface area contributed by atoms with Crippen LogP contribution in [0.5, 0.6) is 0 Å². The number of carbonyl (C=O) groups is 2. The standard InChI is InChI=1S/C20H22F3N3O2/c1-12(2)17(24-18(27)14-10-8-13(3)9-11-14)19(28)26-25-16-7-5-4-6-15(16)20(21,22)23/h4-12,17,25H,1-3H3,(H,24,27)(H,26,28)/t17-/m1/s1. The summed E-state index contributed by atoms with van der Waals surface area (Å²) in [4.78, 5) is 24.8. The molecule has 8 heteroatoms. The van der Waals surface area contributed by atoms with E-state index in [-0.39, 0.29) is 11.6 Å². The van der Waals surface area contributed by atoms with Crippen molar-refractivity contribution in [3.05, 3.63) is 65.2 Å². The van der Waals surface area contributed by atoms with Gasteiger partial charge in [0.15, 0.2) is 0 Å².